The highest BCUT2D eigenvalue weighted by molar-refractivity contribution is 5.79. The van der Waals surface area contributed by atoms with Gasteiger partial charge in [-0.3, -0.25) is 4.79 Å². The number of carbonyl (C=O) groups excluding carboxylic acids is 1. The quantitative estimate of drug-likeness (QED) is 0.744. The van der Waals surface area contributed by atoms with E-state index in [4.69, 9.17) is 0 Å². The van der Waals surface area contributed by atoms with Gasteiger partial charge in [-0.1, -0.05) is 26.2 Å². The highest BCUT2D eigenvalue weighted by Gasteiger charge is 2.33. The fourth-order valence-electron chi connectivity index (χ4n) is 2.98. The summed E-state index contributed by atoms with van der Waals surface area (Å²) in [5, 5.41) is 6.51. The maximum atomic E-state index is 11.9. The molecule has 17 heavy (non-hydrogen) atoms. The van der Waals surface area contributed by atoms with Crippen LogP contribution in [0.5, 0.6) is 0 Å². The van der Waals surface area contributed by atoms with Crippen LogP contribution in [-0.4, -0.2) is 25.0 Å². The van der Waals surface area contributed by atoms with Crippen LogP contribution in [0.3, 0.4) is 0 Å². The average molecular weight is 238 g/mol. The van der Waals surface area contributed by atoms with Crippen LogP contribution in [0.25, 0.3) is 0 Å². The maximum absolute atomic E-state index is 11.9. The molecule has 2 N–H and O–H groups in total. The average Bonchev–Trinajstić information content (AvgIpc) is 2.77. The van der Waals surface area contributed by atoms with Gasteiger partial charge < -0.3 is 10.6 Å². The predicted octanol–water partition coefficient (Wildman–Crippen LogP) is 2.07. The van der Waals surface area contributed by atoms with Gasteiger partial charge in [0, 0.05) is 18.5 Å². The Morgan fingerprint density at radius 3 is 2.88 bits per heavy atom. The van der Waals surface area contributed by atoms with Gasteiger partial charge in [0.05, 0.1) is 0 Å². The minimum atomic E-state index is 0.298. The molecule has 0 aromatic heterocycles. The Kier molecular flexibility index (Phi) is 4.84. The molecule has 0 aromatic rings. The Balaban J connectivity index is 1.55. The van der Waals surface area contributed by atoms with Crippen LogP contribution >= 0.6 is 0 Å². The maximum Gasteiger partial charge on any atom is 0.223 e. The van der Waals surface area contributed by atoms with Gasteiger partial charge in [0.1, 0.15) is 0 Å². The van der Waals surface area contributed by atoms with Gasteiger partial charge >= 0.3 is 0 Å². The van der Waals surface area contributed by atoms with Crippen molar-refractivity contribution in [2.24, 2.45) is 11.8 Å². The van der Waals surface area contributed by atoms with Crippen LogP contribution in [0.1, 0.15) is 51.9 Å². The van der Waals surface area contributed by atoms with Gasteiger partial charge in [-0.15, -0.1) is 0 Å². The topological polar surface area (TPSA) is 41.1 Å². The summed E-state index contributed by atoms with van der Waals surface area (Å²) in [6, 6.07) is 0.523. The largest absolute Gasteiger partial charge is 0.354 e. The fraction of sp³-hybridized carbons (Fsp3) is 0.929. The molecule has 1 amide bonds. The van der Waals surface area contributed by atoms with Gasteiger partial charge in [-0.05, 0) is 38.1 Å². The van der Waals surface area contributed by atoms with Crippen molar-refractivity contribution in [3.8, 4) is 0 Å². The molecule has 2 rings (SSSR count). The van der Waals surface area contributed by atoms with Gasteiger partial charge in [-0.2, -0.15) is 0 Å². The Labute approximate surface area is 105 Å². The van der Waals surface area contributed by atoms with Crippen LogP contribution < -0.4 is 10.6 Å². The Hall–Kier alpha value is -0.570. The molecule has 0 aromatic carbocycles. The van der Waals surface area contributed by atoms with Crippen LogP contribution in [0, 0.1) is 11.8 Å². The van der Waals surface area contributed by atoms with E-state index in [2.05, 4.69) is 17.6 Å². The van der Waals surface area contributed by atoms with Gasteiger partial charge in [-0.25, -0.2) is 0 Å². The SMILES string of the molecule is CCCCC1CC(C(=O)NC[C@H]2CCCN2)C1. The van der Waals surface area contributed by atoms with E-state index >= 15 is 0 Å². The molecule has 1 heterocycles. The van der Waals surface area contributed by atoms with Crippen LogP contribution in [0.2, 0.25) is 0 Å². The summed E-state index contributed by atoms with van der Waals surface area (Å²) >= 11 is 0. The minimum Gasteiger partial charge on any atom is -0.354 e. The fourth-order valence-corrected chi connectivity index (χ4v) is 2.98. The van der Waals surface area contributed by atoms with E-state index in [1.807, 2.05) is 0 Å². The lowest BCUT2D eigenvalue weighted by molar-refractivity contribution is -0.129. The monoisotopic (exact) mass is 238 g/mol. The third-order valence-corrected chi connectivity index (χ3v) is 4.26. The zero-order valence-corrected chi connectivity index (χ0v) is 11.0. The first-order valence-electron chi connectivity index (χ1n) is 7.30. The standard InChI is InChI=1S/C14H26N2O/c1-2-3-5-11-8-12(9-11)14(17)16-10-13-6-4-7-15-13/h11-13,15H,2-10H2,1H3,(H,16,17)/t11?,12?,13-/m1/s1. The number of hydrogen-bond acceptors (Lipinski definition) is 2. The van der Waals surface area contributed by atoms with Crippen molar-refractivity contribution in [1.29, 1.82) is 0 Å². The van der Waals surface area contributed by atoms with Crippen LogP contribution in [0.15, 0.2) is 0 Å². The normalized spacial score (nSPS) is 32.2. The van der Waals surface area contributed by atoms with Crippen molar-refractivity contribution >= 4 is 5.91 Å². The zero-order chi connectivity index (χ0) is 12.1. The third kappa shape index (κ3) is 3.70. The summed E-state index contributed by atoms with van der Waals surface area (Å²) in [6.07, 6.45) is 8.65. The molecule has 0 bridgehead atoms. The van der Waals surface area contributed by atoms with Crippen molar-refractivity contribution in [2.75, 3.05) is 13.1 Å². The molecule has 1 aliphatic carbocycles. The third-order valence-electron chi connectivity index (χ3n) is 4.26. The first kappa shape index (κ1) is 12.9. The second-order valence-electron chi connectivity index (χ2n) is 5.72. The lowest BCUT2D eigenvalue weighted by Crippen LogP contribution is -2.43. The van der Waals surface area contributed by atoms with Crippen molar-refractivity contribution in [3.63, 3.8) is 0 Å². The molecule has 0 unspecified atom stereocenters. The molecule has 2 fully saturated rings. The molecule has 3 heteroatoms. The number of hydrogen-bond donors (Lipinski definition) is 2. The first-order chi connectivity index (χ1) is 8.29. The lowest BCUT2D eigenvalue weighted by atomic mass is 9.72. The van der Waals surface area contributed by atoms with E-state index in [0.29, 0.717) is 17.9 Å². The second-order valence-corrected chi connectivity index (χ2v) is 5.72. The highest BCUT2D eigenvalue weighted by atomic mass is 16.1. The lowest BCUT2D eigenvalue weighted by Gasteiger charge is -2.34. The molecule has 0 spiro atoms. The summed E-state index contributed by atoms with van der Waals surface area (Å²) in [6.45, 7) is 4.18. The van der Waals surface area contributed by atoms with Gasteiger partial charge in [0.15, 0.2) is 0 Å². The molecule has 1 atom stereocenters. The van der Waals surface area contributed by atoms with E-state index in [-0.39, 0.29) is 0 Å². The molecule has 2 aliphatic rings. The summed E-state index contributed by atoms with van der Waals surface area (Å²) < 4.78 is 0. The van der Waals surface area contributed by atoms with E-state index in [1.54, 1.807) is 0 Å². The van der Waals surface area contributed by atoms with Crippen molar-refractivity contribution in [2.45, 2.75) is 57.9 Å². The molecule has 1 aliphatic heterocycles. The number of amides is 1. The van der Waals surface area contributed by atoms with E-state index in [9.17, 15) is 4.79 Å². The number of carbonyl (C=O) groups is 1. The van der Waals surface area contributed by atoms with Crippen molar-refractivity contribution in [1.82, 2.24) is 10.6 Å². The zero-order valence-electron chi connectivity index (χ0n) is 11.0. The van der Waals surface area contributed by atoms with Crippen LogP contribution in [-0.2, 0) is 4.79 Å². The van der Waals surface area contributed by atoms with Crippen molar-refractivity contribution < 1.29 is 4.79 Å². The summed E-state index contributed by atoms with van der Waals surface area (Å²) in [5.41, 5.74) is 0. The summed E-state index contributed by atoms with van der Waals surface area (Å²) in [4.78, 5) is 11.9. The Morgan fingerprint density at radius 2 is 2.24 bits per heavy atom. The number of rotatable bonds is 6. The number of nitrogens with one attached hydrogen (secondary N) is 2. The molecular formula is C14H26N2O. The molecule has 0 radical (unpaired) electrons. The second kappa shape index (κ2) is 6.39. The minimum absolute atomic E-state index is 0.298. The Bertz CT molecular complexity index is 243. The van der Waals surface area contributed by atoms with Gasteiger partial charge in [0.25, 0.3) is 0 Å². The Morgan fingerprint density at radius 1 is 1.41 bits per heavy atom. The van der Waals surface area contributed by atoms with E-state index in [1.165, 1.54) is 32.1 Å². The van der Waals surface area contributed by atoms with Gasteiger partial charge in [0.2, 0.25) is 5.91 Å². The van der Waals surface area contributed by atoms with Crippen molar-refractivity contribution in [3.05, 3.63) is 0 Å². The van der Waals surface area contributed by atoms with Crippen LogP contribution in [0.4, 0.5) is 0 Å². The molecule has 1 saturated carbocycles. The summed E-state index contributed by atoms with van der Waals surface area (Å²) in [7, 11) is 0. The smallest absolute Gasteiger partial charge is 0.223 e. The predicted molar refractivity (Wildman–Crippen MR) is 69.8 cm³/mol. The highest BCUT2D eigenvalue weighted by Crippen LogP contribution is 2.37. The number of unbranched alkanes of at least 4 members (excludes halogenated alkanes) is 1. The summed E-state index contributed by atoms with van der Waals surface area (Å²) in [5.74, 6) is 1.44. The molecule has 1 saturated heterocycles. The van der Waals surface area contributed by atoms with E-state index < -0.39 is 0 Å². The molecule has 3 nitrogen and oxygen atoms in total. The first-order valence-corrected chi connectivity index (χ1v) is 7.30. The van der Waals surface area contributed by atoms with E-state index in [0.717, 1.165) is 31.8 Å². The molecular weight excluding hydrogens is 212 g/mol. The molecule has 98 valence electrons.